The molecule has 0 radical (unpaired) electrons. The van der Waals surface area contributed by atoms with Crippen molar-refractivity contribution < 1.29 is 24.4 Å². The number of hydrogen-bond acceptors (Lipinski definition) is 8. The standard InChI is InChI=1S/C23H27ClN4O5/c1-23(2)32-18-17(16(30)14-6-5-13(24)10-12(14)4-3-9-29)31-22(19(18)33-23)28-8-7-15-20(25)26-11-27-21(15)28/h5-8,10-11,16-19,22,29-30H,3-4,9H2,1-2H3,(H2,25,26,27)/t16-,17-,18-,19-,22-/m1/s1. The van der Waals surface area contributed by atoms with Crippen molar-refractivity contribution in [2.24, 2.45) is 0 Å². The molecule has 9 nitrogen and oxygen atoms in total. The molecular weight excluding hydrogens is 448 g/mol. The molecule has 2 fully saturated rings. The Balaban J connectivity index is 1.52. The van der Waals surface area contributed by atoms with Crippen LogP contribution in [0.25, 0.3) is 11.0 Å². The zero-order valence-corrected chi connectivity index (χ0v) is 19.1. The Morgan fingerprint density at radius 3 is 2.79 bits per heavy atom. The highest BCUT2D eigenvalue weighted by Gasteiger charge is 2.58. The number of hydrogen-bond donors (Lipinski definition) is 3. The van der Waals surface area contributed by atoms with E-state index >= 15 is 0 Å². The van der Waals surface area contributed by atoms with Gasteiger partial charge in [0.1, 0.15) is 42.2 Å². The quantitative estimate of drug-likeness (QED) is 0.498. The number of aryl methyl sites for hydroxylation is 1. The lowest BCUT2D eigenvalue weighted by Crippen LogP contribution is -2.34. The van der Waals surface area contributed by atoms with Crippen LogP contribution in [-0.2, 0) is 20.6 Å². The van der Waals surface area contributed by atoms with Crippen molar-refractivity contribution in [3.05, 3.63) is 52.9 Å². The fraction of sp³-hybridized carbons (Fsp3) is 0.478. The zero-order valence-electron chi connectivity index (χ0n) is 18.4. The van der Waals surface area contributed by atoms with Gasteiger partial charge in [-0.3, -0.25) is 0 Å². The molecular formula is C23H27ClN4O5. The maximum atomic E-state index is 11.5. The van der Waals surface area contributed by atoms with E-state index in [1.54, 1.807) is 12.1 Å². The van der Waals surface area contributed by atoms with Gasteiger partial charge in [-0.2, -0.15) is 0 Å². The van der Waals surface area contributed by atoms with E-state index in [-0.39, 0.29) is 6.61 Å². The summed E-state index contributed by atoms with van der Waals surface area (Å²) in [5.74, 6) is -0.463. The molecule has 33 heavy (non-hydrogen) atoms. The van der Waals surface area contributed by atoms with Crippen LogP contribution in [0.3, 0.4) is 0 Å². The first-order valence-corrected chi connectivity index (χ1v) is 11.3. The van der Waals surface area contributed by atoms with Gasteiger partial charge in [0.05, 0.1) is 5.39 Å². The molecule has 5 rings (SSSR count). The van der Waals surface area contributed by atoms with Crippen LogP contribution >= 0.6 is 11.6 Å². The van der Waals surface area contributed by atoms with Crippen molar-refractivity contribution in [1.82, 2.24) is 14.5 Å². The maximum absolute atomic E-state index is 11.5. The molecule has 176 valence electrons. The van der Waals surface area contributed by atoms with Crippen molar-refractivity contribution in [1.29, 1.82) is 0 Å². The molecule has 2 aromatic heterocycles. The average molecular weight is 475 g/mol. The summed E-state index contributed by atoms with van der Waals surface area (Å²) in [6.07, 6.45) is 1.10. The fourth-order valence-corrected chi connectivity index (χ4v) is 5.00. The van der Waals surface area contributed by atoms with Crippen molar-refractivity contribution in [3.8, 4) is 0 Å². The predicted octanol–water partition coefficient (Wildman–Crippen LogP) is 2.74. The molecule has 0 unspecified atom stereocenters. The van der Waals surface area contributed by atoms with Crippen LogP contribution in [0.4, 0.5) is 5.82 Å². The Morgan fingerprint density at radius 1 is 1.21 bits per heavy atom. The van der Waals surface area contributed by atoms with Crippen LogP contribution in [0.1, 0.15) is 43.7 Å². The average Bonchev–Trinajstić information content (AvgIpc) is 3.43. The molecule has 10 heteroatoms. The predicted molar refractivity (Wildman–Crippen MR) is 121 cm³/mol. The molecule has 2 aliphatic rings. The number of aromatic nitrogens is 3. The summed E-state index contributed by atoms with van der Waals surface area (Å²) in [6.45, 7) is 3.73. The third kappa shape index (κ3) is 3.99. The second-order valence-electron chi connectivity index (χ2n) is 8.89. The summed E-state index contributed by atoms with van der Waals surface area (Å²) in [6, 6.07) is 7.18. The number of aliphatic hydroxyl groups excluding tert-OH is 2. The number of nitrogens with zero attached hydrogens (tertiary/aromatic N) is 3. The molecule has 0 aliphatic carbocycles. The van der Waals surface area contributed by atoms with Gasteiger partial charge in [-0.1, -0.05) is 17.7 Å². The topological polar surface area (TPSA) is 125 Å². The normalized spacial score (nSPS) is 27.2. The van der Waals surface area contributed by atoms with Gasteiger partial charge in [0.25, 0.3) is 0 Å². The highest BCUT2D eigenvalue weighted by atomic mass is 35.5. The Labute approximate surface area is 196 Å². The van der Waals surface area contributed by atoms with Crippen LogP contribution in [0.5, 0.6) is 0 Å². The second kappa shape index (κ2) is 8.50. The van der Waals surface area contributed by atoms with Crippen LogP contribution in [0.15, 0.2) is 36.8 Å². The molecule has 0 spiro atoms. The zero-order chi connectivity index (χ0) is 23.3. The molecule has 5 atom stereocenters. The molecule has 2 saturated heterocycles. The SMILES string of the molecule is CC1(C)O[C@H]2[C@@H](O1)[C@H](n1ccc3c(N)ncnc31)O[C@@H]2[C@H](O)c1ccc(Cl)cc1CCCO. The van der Waals surface area contributed by atoms with E-state index < -0.39 is 36.4 Å². The first-order chi connectivity index (χ1) is 15.8. The summed E-state index contributed by atoms with van der Waals surface area (Å²) in [5, 5.41) is 22.0. The number of rotatable bonds is 6. The van der Waals surface area contributed by atoms with Gasteiger partial charge >= 0.3 is 0 Å². The van der Waals surface area contributed by atoms with Crippen LogP contribution < -0.4 is 5.73 Å². The minimum absolute atomic E-state index is 0.0472. The number of anilines is 1. The summed E-state index contributed by atoms with van der Waals surface area (Å²) < 4.78 is 20.6. The van der Waals surface area contributed by atoms with Gasteiger partial charge in [0.15, 0.2) is 12.0 Å². The van der Waals surface area contributed by atoms with Crippen LogP contribution in [0, 0.1) is 0 Å². The number of nitrogens with two attached hydrogens (primary N) is 1. The molecule has 2 aliphatic heterocycles. The summed E-state index contributed by atoms with van der Waals surface area (Å²) in [5.41, 5.74) is 8.17. The van der Waals surface area contributed by atoms with Crippen molar-refractivity contribution in [2.45, 2.75) is 63.1 Å². The van der Waals surface area contributed by atoms with E-state index in [4.69, 9.17) is 31.5 Å². The van der Waals surface area contributed by atoms with Gasteiger partial charge in [-0.15, -0.1) is 0 Å². The van der Waals surface area contributed by atoms with E-state index in [1.165, 1.54) is 6.33 Å². The molecule has 0 amide bonds. The summed E-state index contributed by atoms with van der Waals surface area (Å²) in [7, 11) is 0. The first-order valence-electron chi connectivity index (χ1n) is 10.9. The Kier molecular flexibility index (Phi) is 5.80. The Bertz CT molecular complexity index is 1170. The summed E-state index contributed by atoms with van der Waals surface area (Å²) in [4.78, 5) is 8.43. The molecule has 4 heterocycles. The smallest absolute Gasteiger partial charge is 0.164 e. The minimum atomic E-state index is -0.993. The maximum Gasteiger partial charge on any atom is 0.164 e. The molecule has 3 aromatic rings. The van der Waals surface area contributed by atoms with Crippen molar-refractivity contribution >= 4 is 28.5 Å². The number of fused-ring (bicyclic) bond motifs is 2. The van der Waals surface area contributed by atoms with Crippen LogP contribution in [0.2, 0.25) is 5.02 Å². The van der Waals surface area contributed by atoms with E-state index in [9.17, 15) is 10.2 Å². The third-order valence-corrected chi connectivity index (χ3v) is 6.45. The van der Waals surface area contributed by atoms with E-state index in [0.717, 1.165) is 5.56 Å². The Morgan fingerprint density at radius 2 is 2.00 bits per heavy atom. The van der Waals surface area contributed by atoms with Gasteiger partial charge in [0, 0.05) is 17.8 Å². The Hall–Kier alpha value is -2.27. The van der Waals surface area contributed by atoms with Gasteiger partial charge in [-0.05, 0) is 56.0 Å². The van der Waals surface area contributed by atoms with E-state index in [2.05, 4.69) is 9.97 Å². The minimum Gasteiger partial charge on any atom is -0.396 e. The van der Waals surface area contributed by atoms with Crippen LogP contribution in [-0.4, -0.2) is 55.5 Å². The number of aliphatic hydroxyl groups is 2. The number of nitrogen functional groups attached to an aromatic ring is 1. The van der Waals surface area contributed by atoms with E-state index in [1.807, 2.05) is 36.7 Å². The summed E-state index contributed by atoms with van der Waals surface area (Å²) >= 11 is 6.20. The highest BCUT2D eigenvalue weighted by molar-refractivity contribution is 6.30. The largest absolute Gasteiger partial charge is 0.396 e. The lowest BCUT2D eigenvalue weighted by Gasteiger charge is -2.28. The highest BCUT2D eigenvalue weighted by Crippen LogP contribution is 2.47. The molecule has 0 bridgehead atoms. The number of ether oxygens (including phenoxy) is 3. The third-order valence-electron chi connectivity index (χ3n) is 6.22. The molecule has 1 aromatic carbocycles. The van der Waals surface area contributed by atoms with Crippen molar-refractivity contribution in [2.75, 3.05) is 12.3 Å². The van der Waals surface area contributed by atoms with Gasteiger partial charge < -0.3 is 34.7 Å². The van der Waals surface area contributed by atoms with E-state index in [0.29, 0.717) is 40.3 Å². The lowest BCUT2D eigenvalue weighted by molar-refractivity contribution is -0.207. The first kappa shape index (κ1) is 22.5. The fourth-order valence-electron chi connectivity index (χ4n) is 4.81. The molecule has 4 N–H and O–H groups in total. The van der Waals surface area contributed by atoms with Gasteiger partial charge in [0.2, 0.25) is 0 Å². The van der Waals surface area contributed by atoms with Crippen molar-refractivity contribution in [3.63, 3.8) is 0 Å². The van der Waals surface area contributed by atoms with Gasteiger partial charge in [-0.25, -0.2) is 9.97 Å². The molecule has 0 saturated carbocycles. The number of benzene rings is 1. The monoisotopic (exact) mass is 474 g/mol. The second-order valence-corrected chi connectivity index (χ2v) is 9.33. The number of halogens is 1. The lowest BCUT2D eigenvalue weighted by atomic mass is 9.93.